The molecule has 0 radical (unpaired) electrons. The van der Waals surface area contributed by atoms with E-state index in [2.05, 4.69) is 0 Å². The topological polar surface area (TPSA) is 66.9 Å². The second-order valence-corrected chi connectivity index (χ2v) is 8.73. The Kier molecular flexibility index (Phi) is 5.41. The van der Waals surface area contributed by atoms with Crippen molar-refractivity contribution in [3.8, 4) is 5.75 Å². The Balaban J connectivity index is 1.91. The maximum atomic E-state index is 13.0. The molecule has 2 aromatic rings. The number of para-hydroxylation sites is 3. The molecule has 0 N–H and O–H groups in total. The van der Waals surface area contributed by atoms with Crippen molar-refractivity contribution in [1.29, 1.82) is 0 Å². The number of hydrogen-bond acceptors (Lipinski definition) is 4. The lowest BCUT2D eigenvalue weighted by atomic mass is 10.2. The first kappa shape index (κ1) is 19.2. The number of benzene rings is 2. The van der Waals surface area contributed by atoms with Gasteiger partial charge in [-0.05, 0) is 44.0 Å². The van der Waals surface area contributed by atoms with E-state index < -0.39 is 10.0 Å². The Labute approximate surface area is 160 Å². The minimum atomic E-state index is -3.67. The number of ether oxygens (including phenoxy) is 1. The number of fused-ring (bicyclic) bond motifs is 1. The summed E-state index contributed by atoms with van der Waals surface area (Å²) in [4.78, 5) is 14.6. The molecule has 3 rings (SSSR count). The summed E-state index contributed by atoms with van der Waals surface area (Å²) in [5.41, 5.74) is 2.32. The van der Waals surface area contributed by atoms with Crippen molar-refractivity contribution >= 4 is 27.3 Å². The van der Waals surface area contributed by atoms with Crippen LogP contribution in [0.3, 0.4) is 0 Å². The fraction of sp³-hybridized carbons (Fsp3) is 0.350. The van der Waals surface area contributed by atoms with E-state index in [0.29, 0.717) is 18.0 Å². The van der Waals surface area contributed by atoms with Crippen LogP contribution in [0, 0.1) is 0 Å². The number of sulfonamides is 1. The third-order valence-electron chi connectivity index (χ3n) is 4.36. The summed E-state index contributed by atoms with van der Waals surface area (Å²) in [5.74, 6) is 0.178. The van der Waals surface area contributed by atoms with Crippen molar-refractivity contribution in [2.24, 2.45) is 0 Å². The molecule has 6 nitrogen and oxygen atoms in total. The van der Waals surface area contributed by atoms with Crippen LogP contribution in [0.2, 0.25) is 0 Å². The molecule has 0 spiro atoms. The molecule has 1 amide bonds. The van der Waals surface area contributed by atoms with Gasteiger partial charge in [0.1, 0.15) is 12.3 Å². The molecule has 7 heteroatoms. The lowest BCUT2D eigenvalue weighted by molar-refractivity contribution is -0.117. The summed E-state index contributed by atoms with van der Waals surface area (Å²) in [6, 6.07) is 14.6. The van der Waals surface area contributed by atoms with Gasteiger partial charge in [0.15, 0.2) is 0 Å². The van der Waals surface area contributed by atoms with Crippen LogP contribution >= 0.6 is 0 Å². The Morgan fingerprint density at radius 2 is 1.81 bits per heavy atom. The van der Waals surface area contributed by atoms with Crippen LogP contribution < -0.4 is 13.9 Å². The van der Waals surface area contributed by atoms with Crippen molar-refractivity contribution in [1.82, 2.24) is 0 Å². The van der Waals surface area contributed by atoms with E-state index in [1.165, 1.54) is 0 Å². The minimum absolute atomic E-state index is 0.117. The van der Waals surface area contributed by atoms with Crippen LogP contribution in [0.5, 0.6) is 5.75 Å². The van der Waals surface area contributed by atoms with E-state index in [0.717, 1.165) is 28.2 Å². The smallest absolute Gasteiger partial charge is 0.247 e. The second-order valence-electron chi connectivity index (χ2n) is 6.83. The number of hydrogen-bond donors (Lipinski definition) is 0. The van der Waals surface area contributed by atoms with Crippen molar-refractivity contribution in [2.45, 2.75) is 26.4 Å². The maximum absolute atomic E-state index is 13.0. The Morgan fingerprint density at radius 3 is 2.52 bits per heavy atom. The van der Waals surface area contributed by atoms with Crippen molar-refractivity contribution in [2.75, 3.05) is 28.6 Å². The van der Waals surface area contributed by atoms with Gasteiger partial charge in [-0.15, -0.1) is 0 Å². The number of anilines is 2. The van der Waals surface area contributed by atoms with Crippen LogP contribution in [-0.2, 0) is 21.2 Å². The van der Waals surface area contributed by atoms with Gasteiger partial charge in [0.2, 0.25) is 15.9 Å². The molecule has 1 aliphatic heterocycles. The summed E-state index contributed by atoms with van der Waals surface area (Å²) >= 11 is 0. The molecular weight excluding hydrogens is 364 g/mol. The molecule has 0 atom stereocenters. The molecule has 0 saturated carbocycles. The summed E-state index contributed by atoms with van der Waals surface area (Å²) < 4.78 is 31.8. The average Bonchev–Trinajstić information content (AvgIpc) is 3.03. The van der Waals surface area contributed by atoms with Crippen LogP contribution in [0.4, 0.5) is 11.4 Å². The SMILES string of the molecule is CC(C)Oc1ccccc1N(CC(=O)N1CCc2ccccc21)S(C)(=O)=O. The van der Waals surface area contributed by atoms with Crippen molar-refractivity contribution in [3.63, 3.8) is 0 Å². The van der Waals surface area contributed by atoms with E-state index in [1.807, 2.05) is 38.1 Å². The number of nitrogens with zero attached hydrogens (tertiary/aromatic N) is 2. The summed E-state index contributed by atoms with van der Waals surface area (Å²) in [5, 5.41) is 0. The number of amides is 1. The van der Waals surface area contributed by atoms with Gasteiger partial charge < -0.3 is 9.64 Å². The fourth-order valence-electron chi connectivity index (χ4n) is 3.20. The molecule has 144 valence electrons. The molecule has 0 bridgehead atoms. The molecule has 27 heavy (non-hydrogen) atoms. The van der Waals surface area contributed by atoms with Crippen molar-refractivity contribution in [3.05, 3.63) is 54.1 Å². The predicted octanol–water partition coefficient (Wildman–Crippen LogP) is 2.83. The van der Waals surface area contributed by atoms with E-state index in [-0.39, 0.29) is 18.6 Å². The number of carbonyl (C=O) groups excluding carboxylic acids is 1. The van der Waals surface area contributed by atoms with Gasteiger partial charge >= 0.3 is 0 Å². The predicted molar refractivity (Wildman–Crippen MR) is 107 cm³/mol. The highest BCUT2D eigenvalue weighted by molar-refractivity contribution is 7.92. The molecular formula is C20H24N2O4S. The molecule has 0 fully saturated rings. The molecule has 1 aliphatic rings. The highest BCUT2D eigenvalue weighted by atomic mass is 32.2. The third kappa shape index (κ3) is 4.24. The standard InChI is InChI=1S/C20H24N2O4S/c1-15(2)26-19-11-7-6-10-18(19)22(27(3,24)25)14-20(23)21-13-12-16-8-4-5-9-17(16)21/h4-11,15H,12-14H2,1-3H3. The van der Waals surface area contributed by atoms with Gasteiger partial charge in [-0.3, -0.25) is 9.10 Å². The van der Waals surface area contributed by atoms with Crippen LogP contribution in [0.1, 0.15) is 19.4 Å². The first-order chi connectivity index (χ1) is 12.8. The maximum Gasteiger partial charge on any atom is 0.247 e. The molecule has 2 aromatic carbocycles. The molecule has 0 saturated heterocycles. The van der Waals surface area contributed by atoms with Crippen molar-refractivity contribution < 1.29 is 17.9 Å². The summed E-state index contributed by atoms with van der Waals surface area (Å²) in [6.45, 7) is 4.02. The molecule has 0 aliphatic carbocycles. The normalized spacial score (nSPS) is 13.6. The molecule has 0 aromatic heterocycles. The first-order valence-electron chi connectivity index (χ1n) is 8.89. The Bertz CT molecular complexity index is 941. The quantitative estimate of drug-likeness (QED) is 0.763. The largest absolute Gasteiger partial charge is 0.489 e. The zero-order valence-electron chi connectivity index (χ0n) is 15.8. The fourth-order valence-corrected chi connectivity index (χ4v) is 4.06. The van der Waals surface area contributed by atoms with E-state index in [1.54, 1.807) is 29.2 Å². The van der Waals surface area contributed by atoms with E-state index in [4.69, 9.17) is 4.74 Å². The monoisotopic (exact) mass is 388 g/mol. The van der Waals surface area contributed by atoms with Gasteiger partial charge in [0.25, 0.3) is 0 Å². The van der Waals surface area contributed by atoms with Gasteiger partial charge in [0, 0.05) is 12.2 Å². The van der Waals surface area contributed by atoms with E-state index in [9.17, 15) is 13.2 Å². The summed E-state index contributed by atoms with van der Waals surface area (Å²) in [6.07, 6.45) is 1.76. The van der Waals surface area contributed by atoms with Gasteiger partial charge in [0.05, 0.1) is 18.0 Å². The van der Waals surface area contributed by atoms with Crippen LogP contribution in [0.15, 0.2) is 48.5 Å². The molecule has 0 unspecified atom stereocenters. The first-order valence-corrected chi connectivity index (χ1v) is 10.7. The minimum Gasteiger partial charge on any atom is -0.489 e. The van der Waals surface area contributed by atoms with Crippen LogP contribution in [0.25, 0.3) is 0 Å². The summed E-state index contributed by atoms with van der Waals surface area (Å²) in [7, 11) is -3.67. The highest BCUT2D eigenvalue weighted by Gasteiger charge is 2.30. The third-order valence-corrected chi connectivity index (χ3v) is 5.49. The van der Waals surface area contributed by atoms with Crippen LogP contribution in [-0.4, -0.2) is 39.8 Å². The number of rotatable bonds is 6. The zero-order chi connectivity index (χ0) is 19.6. The Morgan fingerprint density at radius 1 is 1.15 bits per heavy atom. The Hall–Kier alpha value is -2.54. The van der Waals surface area contributed by atoms with Gasteiger partial charge in [-0.25, -0.2) is 8.42 Å². The lowest BCUT2D eigenvalue weighted by Gasteiger charge is -2.27. The van der Waals surface area contributed by atoms with Gasteiger partial charge in [-0.1, -0.05) is 30.3 Å². The average molecular weight is 388 g/mol. The number of carbonyl (C=O) groups is 1. The zero-order valence-corrected chi connectivity index (χ0v) is 16.6. The van der Waals surface area contributed by atoms with E-state index >= 15 is 0 Å². The second kappa shape index (κ2) is 7.60. The highest BCUT2D eigenvalue weighted by Crippen LogP contribution is 2.32. The lowest BCUT2D eigenvalue weighted by Crippen LogP contribution is -2.42. The molecule has 1 heterocycles. The van der Waals surface area contributed by atoms with Gasteiger partial charge in [-0.2, -0.15) is 0 Å².